The van der Waals surface area contributed by atoms with Gasteiger partial charge in [-0.1, -0.05) is 32.8 Å². The number of amides is 1. The number of benzene rings is 1. The molecule has 114 valence electrons. The topological polar surface area (TPSA) is 62.1 Å². The molecule has 0 aliphatic carbocycles. The standard InChI is InChI=1S/C17H24N2O2/c1-4-10-17(13-18,11-5-2)16(20)19-14-8-7-9-15(12-14)21-6-3/h7-9,12H,4-6,10-11H2,1-3H3,(H,19,20). The van der Waals surface area contributed by atoms with Gasteiger partial charge < -0.3 is 10.1 Å². The van der Waals surface area contributed by atoms with Gasteiger partial charge in [-0.2, -0.15) is 5.26 Å². The summed E-state index contributed by atoms with van der Waals surface area (Å²) in [6.07, 6.45) is 2.77. The van der Waals surface area contributed by atoms with Crippen molar-refractivity contribution in [2.75, 3.05) is 11.9 Å². The van der Waals surface area contributed by atoms with Gasteiger partial charge in [-0.15, -0.1) is 0 Å². The highest BCUT2D eigenvalue weighted by Gasteiger charge is 2.36. The van der Waals surface area contributed by atoms with Crippen LogP contribution in [0, 0.1) is 16.7 Å². The average molecular weight is 288 g/mol. The monoisotopic (exact) mass is 288 g/mol. The molecule has 0 radical (unpaired) electrons. The minimum absolute atomic E-state index is 0.220. The van der Waals surface area contributed by atoms with E-state index in [2.05, 4.69) is 11.4 Å². The van der Waals surface area contributed by atoms with Crippen LogP contribution < -0.4 is 10.1 Å². The second-order valence-electron chi connectivity index (χ2n) is 5.11. The Bertz CT molecular complexity index is 500. The molecular formula is C17H24N2O2. The molecule has 1 rings (SSSR count). The normalized spacial score (nSPS) is 10.8. The summed E-state index contributed by atoms with van der Waals surface area (Å²) in [5.74, 6) is 0.492. The van der Waals surface area contributed by atoms with Crippen molar-refractivity contribution < 1.29 is 9.53 Å². The molecule has 0 aromatic heterocycles. The molecule has 0 saturated heterocycles. The third-order valence-electron chi connectivity index (χ3n) is 3.41. The van der Waals surface area contributed by atoms with E-state index in [-0.39, 0.29) is 5.91 Å². The van der Waals surface area contributed by atoms with Gasteiger partial charge in [0.2, 0.25) is 5.91 Å². The molecule has 4 nitrogen and oxygen atoms in total. The van der Waals surface area contributed by atoms with Gasteiger partial charge in [-0.25, -0.2) is 0 Å². The summed E-state index contributed by atoms with van der Waals surface area (Å²) >= 11 is 0. The minimum atomic E-state index is -0.939. The molecule has 0 unspecified atom stereocenters. The van der Waals surface area contributed by atoms with Crippen molar-refractivity contribution in [3.63, 3.8) is 0 Å². The Balaban J connectivity index is 2.91. The van der Waals surface area contributed by atoms with E-state index in [0.717, 1.165) is 12.8 Å². The lowest BCUT2D eigenvalue weighted by Crippen LogP contribution is -2.35. The van der Waals surface area contributed by atoms with Gasteiger partial charge >= 0.3 is 0 Å². The third-order valence-corrected chi connectivity index (χ3v) is 3.41. The zero-order valence-corrected chi connectivity index (χ0v) is 13.1. The smallest absolute Gasteiger partial charge is 0.244 e. The predicted octanol–water partition coefficient (Wildman–Crippen LogP) is 4.13. The van der Waals surface area contributed by atoms with E-state index in [1.54, 1.807) is 12.1 Å². The van der Waals surface area contributed by atoms with Crippen LogP contribution in [-0.4, -0.2) is 12.5 Å². The quantitative estimate of drug-likeness (QED) is 0.782. The molecule has 4 heteroatoms. The fourth-order valence-electron chi connectivity index (χ4n) is 2.45. The summed E-state index contributed by atoms with van der Waals surface area (Å²) in [6.45, 7) is 6.47. The summed E-state index contributed by atoms with van der Waals surface area (Å²) in [6, 6.07) is 9.49. The molecule has 1 aromatic rings. The summed E-state index contributed by atoms with van der Waals surface area (Å²) in [5, 5.41) is 12.4. The van der Waals surface area contributed by atoms with E-state index in [4.69, 9.17) is 4.74 Å². The Labute approximate surface area is 127 Å². The third kappa shape index (κ3) is 4.49. The molecule has 0 atom stereocenters. The molecule has 0 bridgehead atoms. The first-order valence-electron chi connectivity index (χ1n) is 7.57. The molecule has 0 aliphatic rings. The number of anilines is 1. The first-order valence-corrected chi connectivity index (χ1v) is 7.57. The molecule has 0 saturated carbocycles. The molecular weight excluding hydrogens is 264 g/mol. The summed E-state index contributed by atoms with van der Waals surface area (Å²) in [5.41, 5.74) is -0.275. The van der Waals surface area contributed by atoms with Crippen molar-refractivity contribution in [2.45, 2.75) is 46.5 Å². The maximum absolute atomic E-state index is 12.5. The second kappa shape index (κ2) is 8.31. The zero-order valence-electron chi connectivity index (χ0n) is 13.1. The van der Waals surface area contributed by atoms with Crippen molar-refractivity contribution in [3.8, 4) is 11.8 Å². The van der Waals surface area contributed by atoms with Crippen LogP contribution in [0.2, 0.25) is 0 Å². The Morgan fingerprint density at radius 3 is 2.48 bits per heavy atom. The predicted molar refractivity (Wildman–Crippen MR) is 84.1 cm³/mol. The summed E-state index contributed by atoms with van der Waals surface area (Å²) < 4.78 is 5.42. The molecule has 1 amide bonds. The van der Waals surface area contributed by atoms with Gasteiger partial charge in [0.1, 0.15) is 11.2 Å². The van der Waals surface area contributed by atoms with Gasteiger partial charge in [0.15, 0.2) is 0 Å². The van der Waals surface area contributed by atoms with E-state index in [9.17, 15) is 10.1 Å². The zero-order chi connectivity index (χ0) is 15.7. The molecule has 1 N–H and O–H groups in total. The molecule has 0 fully saturated rings. The van der Waals surface area contributed by atoms with Crippen molar-refractivity contribution in [1.82, 2.24) is 0 Å². The van der Waals surface area contributed by atoms with E-state index in [1.807, 2.05) is 32.9 Å². The van der Waals surface area contributed by atoms with Crippen molar-refractivity contribution in [3.05, 3.63) is 24.3 Å². The Kier molecular flexibility index (Phi) is 6.74. The molecule has 1 aromatic carbocycles. The molecule has 0 spiro atoms. The molecule has 21 heavy (non-hydrogen) atoms. The number of ether oxygens (including phenoxy) is 1. The van der Waals surface area contributed by atoms with Crippen LogP contribution in [0.4, 0.5) is 5.69 Å². The highest BCUT2D eigenvalue weighted by molar-refractivity contribution is 5.97. The van der Waals surface area contributed by atoms with Crippen LogP contribution in [0.5, 0.6) is 5.75 Å². The average Bonchev–Trinajstić information content (AvgIpc) is 2.47. The van der Waals surface area contributed by atoms with Gasteiger partial charge in [-0.3, -0.25) is 4.79 Å². The Morgan fingerprint density at radius 1 is 1.29 bits per heavy atom. The molecule has 0 heterocycles. The van der Waals surface area contributed by atoms with Crippen molar-refractivity contribution >= 4 is 11.6 Å². The van der Waals surface area contributed by atoms with Crippen LogP contribution >= 0.6 is 0 Å². The second-order valence-corrected chi connectivity index (χ2v) is 5.11. The lowest BCUT2D eigenvalue weighted by atomic mass is 9.79. The van der Waals surface area contributed by atoms with Crippen LogP contribution in [0.25, 0.3) is 0 Å². The SMILES string of the molecule is CCCC(C#N)(CCC)C(=O)Nc1cccc(OCC)c1. The summed E-state index contributed by atoms with van der Waals surface area (Å²) in [7, 11) is 0. The lowest BCUT2D eigenvalue weighted by Gasteiger charge is -2.24. The van der Waals surface area contributed by atoms with E-state index < -0.39 is 5.41 Å². The maximum Gasteiger partial charge on any atom is 0.244 e. The number of carbonyl (C=O) groups is 1. The highest BCUT2D eigenvalue weighted by Crippen LogP contribution is 2.31. The highest BCUT2D eigenvalue weighted by atomic mass is 16.5. The number of rotatable bonds is 8. The fraction of sp³-hybridized carbons (Fsp3) is 0.529. The minimum Gasteiger partial charge on any atom is -0.494 e. The number of nitriles is 1. The number of carbonyl (C=O) groups excluding carboxylic acids is 1. The first kappa shape index (κ1) is 17.0. The van der Waals surface area contributed by atoms with Crippen molar-refractivity contribution in [1.29, 1.82) is 5.26 Å². The van der Waals surface area contributed by atoms with E-state index in [1.165, 1.54) is 0 Å². The van der Waals surface area contributed by atoms with Crippen LogP contribution in [0.1, 0.15) is 46.5 Å². The Hall–Kier alpha value is -2.02. The van der Waals surface area contributed by atoms with Crippen LogP contribution in [0.3, 0.4) is 0 Å². The van der Waals surface area contributed by atoms with Gasteiger partial charge in [0, 0.05) is 11.8 Å². The number of nitrogens with zero attached hydrogens (tertiary/aromatic N) is 1. The van der Waals surface area contributed by atoms with E-state index in [0.29, 0.717) is 30.9 Å². The van der Waals surface area contributed by atoms with Crippen LogP contribution in [-0.2, 0) is 4.79 Å². The van der Waals surface area contributed by atoms with Crippen molar-refractivity contribution in [2.24, 2.45) is 5.41 Å². The lowest BCUT2D eigenvalue weighted by molar-refractivity contribution is -0.123. The summed E-state index contributed by atoms with van der Waals surface area (Å²) in [4.78, 5) is 12.5. The van der Waals surface area contributed by atoms with E-state index >= 15 is 0 Å². The largest absolute Gasteiger partial charge is 0.494 e. The maximum atomic E-state index is 12.5. The molecule has 0 aliphatic heterocycles. The van der Waals surface area contributed by atoms with Gasteiger partial charge in [-0.05, 0) is 31.9 Å². The fourth-order valence-corrected chi connectivity index (χ4v) is 2.45. The first-order chi connectivity index (χ1) is 10.1. The number of hydrogen-bond acceptors (Lipinski definition) is 3. The Morgan fingerprint density at radius 2 is 1.95 bits per heavy atom. The number of hydrogen-bond donors (Lipinski definition) is 1. The van der Waals surface area contributed by atoms with Crippen LogP contribution in [0.15, 0.2) is 24.3 Å². The van der Waals surface area contributed by atoms with Gasteiger partial charge in [0.05, 0.1) is 12.7 Å². The van der Waals surface area contributed by atoms with Gasteiger partial charge in [0.25, 0.3) is 0 Å². The number of nitrogens with one attached hydrogen (secondary N) is 1.